The van der Waals surface area contributed by atoms with E-state index in [1.807, 2.05) is 31.2 Å². The number of sulfonamides is 1. The molecule has 1 fully saturated rings. The Morgan fingerprint density at radius 1 is 1.00 bits per heavy atom. The van der Waals surface area contributed by atoms with Gasteiger partial charge >= 0.3 is 0 Å². The lowest BCUT2D eigenvalue weighted by Crippen LogP contribution is -2.51. The molecule has 1 aliphatic rings. The summed E-state index contributed by atoms with van der Waals surface area (Å²) in [5, 5.41) is 5.98. The third-order valence-corrected chi connectivity index (χ3v) is 8.98. The van der Waals surface area contributed by atoms with E-state index in [1.165, 1.54) is 0 Å². The lowest BCUT2D eigenvalue weighted by atomic mass is 10.2. The zero-order valence-electron chi connectivity index (χ0n) is 22.6. The van der Waals surface area contributed by atoms with Crippen LogP contribution in [0.25, 0.3) is 21.9 Å². The molecule has 1 saturated heterocycles. The molecule has 2 aromatic heterocycles. The van der Waals surface area contributed by atoms with Gasteiger partial charge in [-0.25, -0.2) is 13.4 Å². The van der Waals surface area contributed by atoms with Crippen molar-refractivity contribution in [3.8, 4) is 5.75 Å². The van der Waals surface area contributed by atoms with Gasteiger partial charge in [0.1, 0.15) is 11.1 Å². The summed E-state index contributed by atoms with van der Waals surface area (Å²) >= 11 is 5.70. The third kappa shape index (κ3) is 5.48. The molecule has 5 aromatic rings. The van der Waals surface area contributed by atoms with Crippen LogP contribution < -0.4 is 24.7 Å². The molecule has 0 saturated carbocycles. The molecular formula is C29H30N7O3S2+. The number of methoxy groups -OCH3 is 1. The van der Waals surface area contributed by atoms with Crippen LogP contribution in [0.1, 0.15) is 5.56 Å². The Morgan fingerprint density at radius 2 is 1.71 bits per heavy atom. The molecular weight excluding hydrogens is 558 g/mol. The van der Waals surface area contributed by atoms with Crippen molar-refractivity contribution < 1.29 is 18.1 Å². The Kier molecular flexibility index (Phi) is 7.10. The molecule has 1 aliphatic heterocycles. The minimum Gasteiger partial charge on any atom is -0.497 e. The summed E-state index contributed by atoms with van der Waals surface area (Å²) in [6.07, 6.45) is 1.71. The molecule has 4 N–H and O–H groups in total. The molecule has 0 spiro atoms. The van der Waals surface area contributed by atoms with Gasteiger partial charge < -0.3 is 19.9 Å². The SMILES string of the molecule is COc1ccc2c(c1)[nH]c1nc[nH+]c(N3CCN(C(=S)Nc4ccc(S(=O)(=O)Nc5ccc(C)cc5)cc4)CC3)c12. The van der Waals surface area contributed by atoms with E-state index in [-0.39, 0.29) is 4.90 Å². The summed E-state index contributed by atoms with van der Waals surface area (Å²) in [7, 11) is -2.04. The predicted octanol–water partition coefficient (Wildman–Crippen LogP) is 4.17. The molecule has 0 atom stereocenters. The van der Waals surface area contributed by atoms with E-state index in [4.69, 9.17) is 17.0 Å². The average Bonchev–Trinajstić information content (AvgIpc) is 3.36. The maximum absolute atomic E-state index is 12.8. The number of anilines is 3. The van der Waals surface area contributed by atoms with Crippen LogP contribution in [0.4, 0.5) is 17.2 Å². The van der Waals surface area contributed by atoms with Crippen LogP contribution in [0.2, 0.25) is 0 Å². The number of nitrogens with one attached hydrogen (secondary N) is 4. The molecule has 6 rings (SSSR count). The smallest absolute Gasteiger partial charge is 0.261 e. The van der Waals surface area contributed by atoms with E-state index >= 15 is 0 Å². The molecule has 10 nitrogen and oxygen atoms in total. The van der Waals surface area contributed by atoms with E-state index in [0.29, 0.717) is 10.8 Å². The maximum Gasteiger partial charge on any atom is 0.261 e. The highest BCUT2D eigenvalue weighted by atomic mass is 32.2. The van der Waals surface area contributed by atoms with Crippen LogP contribution in [-0.2, 0) is 10.0 Å². The van der Waals surface area contributed by atoms with Gasteiger partial charge in [-0.05, 0) is 67.7 Å². The Labute approximate surface area is 243 Å². The van der Waals surface area contributed by atoms with E-state index in [2.05, 4.69) is 40.9 Å². The maximum atomic E-state index is 12.8. The van der Waals surface area contributed by atoms with Gasteiger partial charge in [0.05, 0.1) is 43.7 Å². The van der Waals surface area contributed by atoms with E-state index in [9.17, 15) is 8.42 Å². The van der Waals surface area contributed by atoms with Crippen LogP contribution in [0.3, 0.4) is 0 Å². The third-order valence-electron chi connectivity index (χ3n) is 7.22. The number of thiocarbonyl (C=S) groups is 1. The van der Waals surface area contributed by atoms with Gasteiger partial charge in [0.15, 0.2) is 5.11 Å². The van der Waals surface area contributed by atoms with E-state index in [0.717, 1.165) is 70.9 Å². The standard InChI is InChI=1S/C29H29N7O3S2/c1-19-3-5-21(6-4-19)34-41(37,38)23-10-7-20(8-11-23)32-29(40)36-15-13-35(14-16-36)28-26-24-12-9-22(39-2)17-25(24)33-27(26)30-18-31-28/h3-12,17-18,34H,13-16H2,1-2H3,(H,32,40)(H,30,31,33)/p+1. The summed E-state index contributed by atoms with van der Waals surface area (Å²) in [6.45, 7) is 4.94. The fourth-order valence-corrected chi connectivity index (χ4v) is 6.35. The molecule has 0 unspecified atom stereocenters. The lowest BCUT2D eigenvalue weighted by molar-refractivity contribution is -0.367. The number of benzene rings is 3. The Hall–Kier alpha value is -4.42. The van der Waals surface area contributed by atoms with Crippen molar-refractivity contribution >= 4 is 66.5 Å². The predicted molar refractivity (Wildman–Crippen MR) is 165 cm³/mol. The van der Waals surface area contributed by atoms with Crippen LogP contribution >= 0.6 is 12.2 Å². The zero-order chi connectivity index (χ0) is 28.6. The van der Waals surface area contributed by atoms with Crippen molar-refractivity contribution in [3.63, 3.8) is 0 Å². The van der Waals surface area contributed by atoms with Gasteiger partial charge in [-0.3, -0.25) is 9.62 Å². The number of rotatable bonds is 6. The van der Waals surface area contributed by atoms with Gasteiger partial charge in [0, 0.05) is 22.8 Å². The molecule has 41 heavy (non-hydrogen) atoms. The van der Waals surface area contributed by atoms with Crippen LogP contribution in [0.5, 0.6) is 5.75 Å². The first-order chi connectivity index (χ1) is 19.8. The van der Waals surface area contributed by atoms with Gasteiger partial charge in [-0.15, -0.1) is 0 Å². The summed E-state index contributed by atoms with van der Waals surface area (Å²) < 4.78 is 33.6. The van der Waals surface area contributed by atoms with Crippen molar-refractivity contribution in [2.45, 2.75) is 11.8 Å². The minimum absolute atomic E-state index is 0.179. The van der Waals surface area contributed by atoms with Crippen molar-refractivity contribution in [1.29, 1.82) is 0 Å². The highest BCUT2D eigenvalue weighted by Crippen LogP contribution is 2.32. The Morgan fingerprint density at radius 3 is 2.41 bits per heavy atom. The first-order valence-corrected chi connectivity index (χ1v) is 15.1. The van der Waals surface area contributed by atoms with E-state index < -0.39 is 10.0 Å². The minimum atomic E-state index is -3.70. The monoisotopic (exact) mass is 588 g/mol. The average molecular weight is 589 g/mol. The van der Waals surface area contributed by atoms with Crippen LogP contribution in [-0.4, -0.2) is 61.7 Å². The van der Waals surface area contributed by atoms with Gasteiger partial charge in [0.25, 0.3) is 10.0 Å². The number of aromatic nitrogens is 3. The Balaban J connectivity index is 1.10. The molecule has 3 heterocycles. The second-order valence-electron chi connectivity index (χ2n) is 9.91. The largest absolute Gasteiger partial charge is 0.497 e. The molecule has 3 aromatic carbocycles. The van der Waals surface area contributed by atoms with Crippen molar-refractivity contribution in [2.75, 3.05) is 48.2 Å². The van der Waals surface area contributed by atoms with Gasteiger partial charge in [0.2, 0.25) is 17.8 Å². The van der Waals surface area contributed by atoms with Crippen molar-refractivity contribution in [3.05, 3.63) is 78.6 Å². The highest BCUT2D eigenvalue weighted by Gasteiger charge is 2.27. The number of aryl methyl sites for hydroxylation is 1. The van der Waals surface area contributed by atoms with Crippen LogP contribution in [0.15, 0.2) is 78.0 Å². The van der Waals surface area contributed by atoms with Gasteiger partial charge in [-0.1, -0.05) is 22.7 Å². The second kappa shape index (κ2) is 10.9. The van der Waals surface area contributed by atoms with Crippen molar-refractivity contribution in [2.24, 2.45) is 0 Å². The Bertz CT molecular complexity index is 1830. The number of aromatic amines is 2. The lowest BCUT2D eigenvalue weighted by Gasteiger charge is -2.34. The summed E-state index contributed by atoms with van der Waals surface area (Å²) in [5.41, 5.74) is 4.10. The second-order valence-corrected chi connectivity index (χ2v) is 12.0. The zero-order valence-corrected chi connectivity index (χ0v) is 24.3. The fourth-order valence-electron chi connectivity index (χ4n) is 4.99. The molecule has 210 valence electrons. The number of hydrogen-bond donors (Lipinski definition) is 3. The molecule has 12 heteroatoms. The summed E-state index contributed by atoms with van der Waals surface area (Å²) in [4.78, 5) is 15.9. The number of fused-ring (bicyclic) bond motifs is 3. The normalized spacial score (nSPS) is 13.9. The van der Waals surface area contributed by atoms with Gasteiger partial charge in [-0.2, -0.15) is 0 Å². The topological polar surface area (TPSA) is 117 Å². The first kappa shape index (κ1) is 26.8. The number of nitrogens with zero attached hydrogens (tertiary/aromatic N) is 3. The fraction of sp³-hybridized carbons (Fsp3) is 0.207. The van der Waals surface area contributed by atoms with E-state index in [1.54, 1.807) is 49.8 Å². The summed E-state index contributed by atoms with van der Waals surface area (Å²) in [6, 6.07) is 19.8. The molecule has 0 radical (unpaired) electrons. The molecule has 0 amide bonds. The summed E-state index contributed by atoms with van der Waals surface area (Å²) in [5.74, 6) is 1.81. The van der Waals surface area contributed by atoms with Crippen molar-refractivity contribution in [1.82, 2.24) is 14.9 Å². The van der Waals surface area contributed by atoms with Crippen LogP contribution in [0, 0.1) is 6.92 Å². The molecule has 0 bridgehead atoms. The highest BCUT2D eigenvalue weighted by molar-refractivity contribution is 7.92. The first-order valence-electron chi connectivity index (χ1n) is 13.2. The quantitative estimate of drug-likeness (QED) is 0.253. The number of hydrogen-bond acceptors (Lipinski definition) is 6. The number of piperazine rings is 1. The number of ether oxygens (including phenoxy) is 1. The number of H-pyrrole nitrogens is 2. The molecule has 0 aliphatic carbocycles.